The van der Waals surface area contributed by atoms with E-state index in [1.165, 1.54) is 24.3 Å². The maximum atomic E-state index is 14.9. The number of amides is 13. The van der Waals surface area contributed by atoms with Gasteiger partial charge in [-0.25, -0.2) is 0 Å². The fourth-order valence-electron chi connectivity index (χ4n) is 10.9. The molecule has 1 rings (SSSR count). The number of phenolic OH excluding ortho intramolecular Hbond substituents is 1. The Kier molecular flexibility index (Phi) is 50.9. The third kappa shape index (κ3) is 46.2. The van der Waals surface area contributed by atoms with Crippen LogP contribution >= 0.6 is 12.6 Å². The summed E-state index contributed by atoms with van der Waals surface area (Å²) in [6.45, 7) is -0.704. The molecule has 0 fully saturated rings. The number of aromatic hydroxyl groups is 1. The van der Waals surface area contributed by atoms with Gasteiger partial charge in [-0.2, -0.15) is 12.6 Å². The minimum Gasteiger partial charge on any atom is -0.508 e. The molecule has 0 radical (unpaired) electrons. The molecule has 0 spiro atoms. The van der Waals surface area contributed by atoms with Gasteiger partial charge in [-0.05, 0) is 153 Å². The molecular formula is C67H124N34O14S. The first-order valence-electron chi connectivity index (χ1n) is 37.7. The van der Waals surface area contributed by atoms with Crippen LogP contribution in [0.4, 0.5) is 0 Å². The van der Waals surface area contributed by atoms with Crippen molar-refractivity contribution >= 4 is 125 Å². The summed E-state index contributed by atoms with van der Waals surface area (Å²) in [6.07, 6.45) is -1.02. The molecular weight excluding hydrogens is 1540 g/mol. The molecule has 0 saturated carbocycles. The molecule has 0 aliphatic rings. The molecule has 1 aromatic carbocycles. The minimum absolute atomic E-state index is 0.00486. The fourth-order valence-corrected chi connectivity index (χ4v) is 11.0. The number of thiol groups is 1. The average Bonchev–Trinajstić information content (AvgIpc) is 0.862. The first-order valence-corrected chi connectivity index (χ1v) is 38.3. The van der Waals surface area contributed by atoms with E-state index < -0.39 is 163 Å². The van der Waals surface area contributed by atoms with Crippen molar-refractivity contribution in [1.29, 1.82) is 0 Å². The topological polar surface area (TPSA) is 891 Å². The molecule has 46 N–H and O–H groups in total. The first kappa shape index (κ1) is 102. The normalized spacial score (nSPS) is 13.6. The molecule has 0 bridgehead atoms. The highest BCUT2D eigenvalue weighted by Crippen LogP contribution is 2.15. The van der Waals surface area contributed by atoms with E-state index in [2.05, 4.69) is 101 Å². The molecule has 0 aliphatic carbocycles. The van der Waals surface area contributed by atoms with Crippen molar-refractivity contribution in [3.8, 4) is 5.75 Å². The molecule has 0 saturated heterocycles. The van der Waals surface area contributed by atoms with Crippen LogP contribution in [0, 0.1) is 0 Å². The number of rotatable bonds is 61. The number of unbranched alkanes of at least 4 members (excludes halogenated alkanes) is 2. The van der Waals surface area contributed by atoms with Gasteiger partial charge in [0, 0.05) is 57.9 Å². The van der Waals surface area contributed by atoms with Crippen molar-refractivity contribution in [2.75, 3.05) is 64.7 Å². The number of phenols is 1. The van der Waals surface area contributed by atoms with Crippen molar-refractivity contribution in [2.45, 2.75) is 201 Å². The Morgan fingerprint density at radius 2 is 0.586 bits per heavy atom. The number of primary amides is 2. The van der Waals surface area contributed by atoms with Crippen molar-refractivity contribution in [2.24, 2.45) is 127 Å². The number of hydrogen-bond acceptors (Lipinski definition) is 24. The molecule has 13 amide bonds. The highest BCUT2D eigenvalue weighted by molar-refractivity contribution is 7.80. The van der Waals surface area contributed by atoms with Gasteiger partial charge in [0.1, 0.15) is 66.2 Å². The smallest absolute Gasteiger partial charge is 0.243 e. The zero-order valence-electron chi connectivity index (χ0n) is 65.3. The van der Waals surface area contributed by atoms with E-state index in [1.54, 1.807) is 0 Å². The number of nitrogens with one attached hydrogen (secondary N) is 11. The Labute approximate surface area is 677 Å². The van der Waals surface area contributed by atoms with Gasteiger partial charge in [0.25, 0.3) is 0 Å². The molecule has 0 aromatic heterocycles. The van der Waals surface area contributed by atoms with E-state index in [0.29, 0.717) is 18.4 Å². The van der Waals surface area contributed by atoms with Crippen molar-refractivity contribution in [3.05, 3.63) is 29.8 Å². The van der Waals surface area contributed by atoms with Crippen LogP contribution in [0.15, 0.2) is 54.2 Å². The molecule has 49 heteroatoms. The molecule has 11 atom stereocenters. The standard InChI is InChI=1S/C67H124N34O14S/c68-25-3-1-11-41(94-54(108)40(14-6-28-86-63(75)76)92-50(104)34-91-53(107)48(101-52(106)38(70)35-116)33-36-19-21-37(102)22-20-36)56(110)95-42(12-2-4-26-69)57(111)97-44(16-8-30-88-65(79)80)58(112)98-46(18-10-32-90-67(83)84)60(114)100-47(23-24-49(71)103)61(115)99-45(17-9-31-89-66(81)82)59(113)96-43(15-7-29-87-64(77)78)55(109)93-39(51(72)105)13-5-27-85-62(73)74/h19-22,38-48,102,116H,1-18,23-35,68-70H2,(H2,71,103)(H2,72,105)(H,91,107)(H,92,104)(H,93,109)(H,94,108)(H,95,110)(H,96,113)(H,97,111)(H,98,112)(H,99,115)(H,100,114)(H,101,106)(H4,73,74,85)(H4,75,76,86)(H4,77,78,87)(H4,79,80,88)(H4,81,82,89)(H4,83,84,90)/t38-,39-,40-,41-,42-,43-,44-,45-,46-,47-,48-/m0/s1. The number of nitrogens with zero attached hydrogens (tertiary/aromatic N) is 6. The Morgan fingerprint density at radius 3 is 0.853 bits per heavy atom. The number of guanidine groups is 6. The molecule has 652 valence electrons. The zero-order valence-corrected chi connectivity index (χ0v) is 66.2. The average molecular weight is 1660 g/mol. The van der Waals surface area contributed by atoms with E-state index in [1.807, 2.05) is 0 Å². The molecule has 48 nitrogen and oxygen atoms in total. The van der Waals surface area contributed by atoms with Crippen LogP contribution in [0.2, 0.25) is 0 Å². The quantitative estimate of drug-likeness (QED) is 0.0125. The minimum atomic E-state index is -1.74. The lowest BCUT2D eigenvalue weighted by molar-refractivity contribution is -0.136. The van der Waals surface area contributed by atoms with E-state index in [9.17, 15) is 67.4 Å². The van der Waals surface area contributed by atoms with Crippen LogP contribution in [0.25, 0.3) is 0 Å². The number of nitrogens with two attached hydrogens (primary N) is 17. The van der Waals surface area contributed by atoms with Crippen LogP contribution in [-0.4, -0.2) is 249 Å². The lowest BCUT2D eigenvalue weighted by Gasteiger charge is -2.28. The second-order valence-electron chi connectivity index (χ2n) is 26.7. The van der Waals surface area contributed by atoms with E-state index in [4.69, 9.17) is 97.5 Å². The lowest BCUT2D eigenvalue weighted by atomic mass is 10.0. The summed E-state index contributed by atoms with van der Waals surface area (Å²) < 4.78 is 0. The summed E-state index contributed by atoms with van der Waals surface area (Å²) in [5.41, 5.74) is 95.9. The van der Waals surface area contributed by atoms with Gasteiger partial charge in [-0.15, -0.1) is 0 Å². The summed E-state index contributed by atoms with van der Waals surface area (Å²) in [5.74, 6) is -14.0. The second kappa shape index (κ2) is 57.9. The van der Waals surface area contributed by atoms with Gasteiger partial charge < -0.3 is 161 Å². The third-order valence-electron chi connectivity index (χ3n) is 17.0. The molecule has 116 heavy (non-hydrogen) atoms. The summed E-state index contributed by atoms with van der Waals surface area (Å²) >= 11 is 4.06. The van der Waals surface area contributed by atoms with Crippen LogP contribution in [0.5, 0.6) is 5.75 Å². The largest absolute Gasteiger partial charge is 0.508 e. The number of carbonyl (C=O) groups excluding carboxylic acids is 13. The lowest BCUT2D eigenvalue weighted by Crippen LogP contribution is -2.60. The Balaban J connectivity index is 3.94. The predicted molar refractivity (Wildman–Crippen MR) is 439 cm³/mol. The highest BCUT2D eigenvalue weighted by atomic mass is 32.1. The maximum absolute atomic E-state index is 14.9. The van der Waals surface area contributed by atoms with Crippen molar-refractivity contribution in [1.82, 2.24) is 58.5 Å². The van der Waals surface area contributed by atoms with Gasteiger partial charge >= 0.3 is 0 Å². The Hall–Kier alpha value is -12.0. The van der Waals surface area contributed by atoms with Gasteiger partial charge in [-0.3, -0.25) is 92.3 Å². The third-order valence-corrected chi connectivity index (χ3v) is 17.3. The first-order chi connectivity index (χ1) is 54.9. The monoisotopic (exact) mass is 1660 g/mol. The molecule has 1 aromatic rings. The highest BCUT2D eigenvalue weighted by Gasteiger charge is 2.36. The summed E-state index contributed by atoms with van der Waals surface area (Å²) in [5, 5.41) is 38.2. The molecule has 0 aliphatic heterocycles. The maximum Gasteiger partial charge on any atom is 0.243 e. The fraction of sp³-hybridized carbons (Fsp3) is 0.627. The number of hydrogen-bond donors (Lipinski definition) is 30. The SMILES string of the molecule is NCCCC[C@H](NC(=O)[C@H](CCCN=C(N)N)NC(=O)CNC(=O)[C@H](Cc1ccc(O)cc1)NC(=O)[C@@H](N)CS)C(=O)N[C@@H](CCCCN)C(=O)N[C@@H](CCCN=C(N)N)C(=O)N[C@@H](CCCN=C(N)N)C(=O)N[C@@H](CCC(N)=O)C(=O)N[C@@H](CCCN=C(N)N)C(=O)N[C@@H](CCCN=C(N)N)C(=O)N[C@@H](CCCN=C(N)N)C(N)=O. The summed E-state index contributed by atoms with van der Waals surface area (Å²) in [6, 6.07) is -10.3. The van der Waals surface area contributed by atoms with Crippen LogP contribution in [0.3, 0.4) is 0 Å². The van der Waals surface area contributed by atoms with Crippen LogP contribution in [0.1, 0.15) is 134 Å². The van der Waals surface area contributed by atoms with Gasteiger partial charge in [-0.1, -0.05) is 12.1 Å². The van der Waals surface area contributed by atoms with Crippen LogP contribution < -0.4 is 156 Å². The van der Waals surface area contributed by atoms with Crippen LogP contribution in [-0.2, 0) is 68.7 Å². The number of benzene rings is 1. The van der Waals surface area contributed by atoms with Crippen molar-refractivity contribution < 1.29 is 67.4 Å². The van der Waals surface area contributed by atoms with E-state index in [0.717, 1.165) is 0 Å². The molecule has 0 unspecified atom stereocenters. The van der Waals surface area contributed by atoms with E-state index in [-0.39, 0.29) is 209 Å². The summed E-state index contributed by atoms with van der Waals surface area (Å²) in [7, 11) is 0. The number of carbonyl (C=O) groups is 13. The van der Waals surface area contributed by atoms with Crippen molar-refractivity contribution in [3.63, 3.8) is 0 Å². The second-order valence-corrected chi connectivity index (χ2v) is 27.1. The predicted octanol–water partition coefficient (Wildman–Crippen LogP) is -12.5. The zero-order chi connectivity index (χ0) is 87.2. The van der Waals surface area contributed by atoms with E-state index >= 15 is 0 Å². The van der Waals surface area contributed by atoms with Gasteiger partial charge in [0.15, 0.2) is 35.8 Å². The van der Waals surface area contributed by atoms with Gasteiger partial charge in [0.05, 0.1) is 12.6 Å². The summed E-state index contributed by atoms with van der Waals surface area (Å²) in [4.78, 5) is 206. The molecule has 0 heterocycles. The Morgan fingerprint density at radius 1 is 0.328 bits per heavy atom. The Bertz CT molecular complexity index is 3490. The number of aliphatic imine (C=N–C) groups is 6. The van der Waals surface area contributed by atoms with Gasteiger partial charge in [0.2, 0.25) is 76.8 Å².